The number of hydrogen-bond acceptors (Lipinski definition) is 3. The van der Waals surface area contributed by atoms with E-state index >= 15 is 0 Å². The summed E-state index contributed by atoms with van der Waals surface area (Å²) >= 11 is 0. The van der Waals surface area contributed by atoms with Crippen molar-refractivity contribution >= 4 is 11.6 Å². The van der Waals surface area contributed by atoms with E-state index in [9.17, 15) is 9.90 Å². The Morgan fingerprint density at radius 1 is 1.50 bits per heavy atom. The van der Waals surface area contributed by atoms with Crippen LogP contribution in [0.15, 0.2) is 24.4 Å². The maximum absolute atomic E-state index is 11.2. The lowest BCUT2D eigenvalue weighted by molar-refractivity contribution is 0.0687. The van der Waals surface area contributed by atoms with Gasteiger partial charge >= 0.3 is 5.97 Å². The second-order valence-corrected chi connectivity index (χ2v) is 3.88. The van der Waals surface area contributed by atoms with Gasteiger partial charge in [-0.3, -0.25) is 4.40 Å². The molecule has 0 bridgehead atoms. The van der Waals surface area contributed by atoms with Crippen LogP contribution in [-0.4, -0.2) is 39.5 Å². The highest BCUT2D eigenvalue weighted by Crippen LogP contribution is 2.13. The van der Waals surface area contributed by atoms with Crippen molar-refractivity contribution in [3.05, 3.63) is 35.8 Å². The van der Waals surface area contributed by atoms with Gasteiger partial charge in [-0.2, -0.15) is 0 Å². The van der Waals surface area contributed by atoms with E-state index in [4.69, 9.17) is 0 Å². The van der Waals surface area contributed by atoms with Crippen LogP contribution in [0.3, 0.4) is 0 Å². The Bertz CT molecular complexity index is 531. The van der Waals surface area contributed by atoms with Crippen LogP contribution in [0.1, 0.15) is 16.2 Å². The monoisotopic (exact) mass is 219 g/mol. The molecule has 1 N–H and O–H groups in total. The van der Waals surface area contributed by atoms with Gasteiger partial charge in [-0.1, -0.05) is 6.07 Å². The van der Waals surface area contributed by atoms with Crippen molar-refractivity contribution in [2.45, 2.75) is 6.54 Å². The van der Waals surface area contributed by atoms with E-state index in [1.165, 1.54) is 0 Å². The number of imidazole rings is 1. The van der Waals surface area contributed by atoms with E-state index in [0.717, 1.165) is 0 Å². The molecule has 0 fully saturated rings. The summed E-state index contributed by atoms with van der Waals surface area (Å²) in [6.07, 6.45) is 1.71. The van der Waals surface area contributed by atoms with Crippen molar-refractivity contribution < 1.29 is 9.90 Å². The molecule has 0 radical (unpaired) electrons. The van der Waals surface area contributed by atoms with Crippen molar-refractivity contribution in [1.29, 1.82) is 0 Å². The molecule has 0 aliphatic rings. The molecule has 0 aliphatic carbocycles. The van der Waals surface area contributed by atoms with Gasteiger partial charge in [0.1, 0.15) is 5.65 Å². The molecule has 0 amide bonds. The van der Waals surface area contributed by atoms with Gasteiger partial charge in [0, 0.05) is 12.7 Å². The molecule has 84 valence electrons. The van der Waals surface area contributed by atoms with Gasteiger partial charge in [-0.15, -0.1) is 0 Å². The third kappa shape index (κ3) is 1.77. The van der Waals surface area contributed by atoms with Crippen molar-refractivity contribution in [2.24, 2.45) is 0 Å². The van der Waals surface area contributed by atoms with Crippen LogP contribution in [-0.2, 0) is 6.54 Å². The lowest BCUT2D eigenvalue weighted by Crippen LogP contribution is -2.14. The summed E-state index contributed by atoms with van der Waals surface area (Å²) < 4.78 is 1.60. The molecular weight excluding hydrogens is 206 g/mol. The summed E-state index contributed by atoms with van der Waals surface area (Å²) in [7, 11) is 3.77. The Morgan fingerprint density at radius 3 is 2.88 bits per heavy atom. The number of carbonyl (C=O) groups is 1. The van der Waals surface area contributed by atoms with E-state index in [1.54, 1.807) is 22.7 Å². The molecular formula is C11H13N3O2. The molecule has 0 saturated heterocycles. The van der Waals surface area contributed by atoms with Gasteiger partial charge in [-0.25, -0.2) is 9.78 Å². The number of aromatic nitrogens is 2. The fraction of sp³-hybridized carbons (Fsp3) is 0.273. The Morgan fingerprint density at radius 2 is 2.25 bits per heavy atom. The smallest absolute Gasteiger partial charge is 0.354 e. The maximum atomic E-state index is 11.2. The molecule has 0 atom stereocenters. The first-order valence-electron chi connectivity index (χ1n) is 4.93. The van der Waals surface area contributed by atoms with Crippen molar-refractivity contribution in [1.82, 2.24) is 14.3 Å². The minimum absolute atomic E-state index is 0.240. The van der Waals surface area contributed by atoms with Crippen LogP contribution < -0.4 is 0 Å². The lowest BCUT2D eigenvalue weighted by Gasteiger charge is -2.07. The fourth-order valence-corrected chi connectivity index (χ4v) is 1.68. The molecule has 2 aromatic rings. The van der Waals surface area contributed by atoms with E-state index in [0.29, 0.717) is 17.9 Å². The first-order chi connectivity index (χ1) is 7.59. The molecule has 5 heteroatoms. The molecule has 0 spiro atoms. The maximum Gasteiger partial charge on any atom is 0.354 e. The molecule has 5 nitrogen and oxygen atoms in total. The van der Waals surface area contributed by atoms with Crippen LogP contribution in [0.2, 0.25) is 0 Å². The third-order valence-corrected chi connectivity index (χ3v) is 2.27. The minimum atomic E-state index is -0.949. The average Bonchev–Trinajstić information content (AvgIpc) is 2.53. The summed E-state index contributed by atoms with van der Waals surface area (Å²) in [5, 5.41) is 9.19. The molecule has 16 heavy (non-hydrogen) atoms. The Labute approximate surface area is 92.9 Å². The molecule has 2 heterocycles. The SMILES string of the molecule is CN(C)Cc1nc2ccccn2c1C(=O)O. The first kappa shape index (κ1) is 10.6. The van der Waals surface area contributed by atoms with E-state index < -0.39 is 5.97 Å². The number of rotatable bonds is 3. The Kier molecular flexibility index (Phi) is 2.62. The van der Waals surface area contributed by atoms with Gasteiger partial charge in [0.25, 0.3) is 0 Å². The quantitative estimate of drug-likeness (QED) is 0.839. The van der Waals surface area contributed by atoms with E-state index in [1.807, 2.05) is 25.1 Å². The second kappa shape index (κ2) is 3.94. The topological polar surface area (TPSA) is 57.8 Å². The number of hydrogen-bond donors (Lipinski definition) is 1. The van der Waals surface area contributed by atoms with Crippen LogP contribution in [0.25, 0.3) is 5.65 Å². The van der Waals surface area contributed by atoms with Gasteiger partial charge in [0.15, 0.2) is 5.69 Å². The summed E-state index contributed by atoms with van der Waals surface area (Å²) in [4.78, 5) is 17.4. The van der Waals surface area contributed by atoms with Crippen molar-refractivity contribution in [2.75, 3.05) is 14.1 Å². The largest absolute Gasteiger partial charge is 0.477 e. The van der Waals surface area contributed by atoms with Gasteiger partial charge in [0.05, 0.1) is 5.69 Å². The Balaban J connectivity index is 2.63. The molecule has 0 saturated carbocycles. The summed E-state index contributed by atoms with van der Waals surface area (Å²) in [6, 6.07) is 5.43. The molecule has 0 aromatic carbocycles. The number of pyridine rings is 1. The predicted molar refractivity (Wildman–Crippen MR) is 59.5 cm³/mol. The number of carboxylic acid groups (broad SMARTS) is 1. The number of nitrogens with zero attached hydrogens (tertiary/aromatic N) is 3. The highest BCUT2D eigenvalue weighted by atomic mass is 16.4. The van der Waals surface area contributed by atoms with Gasteiger partial charge in [0.2, 0.25) is 0 Å². The zero-order valence-electron chi connectivity index (χ0n) is 9.21. The van der Waals surface area contributed by atoms with Crippen LogP contribution in [0.5, 0.6) is 0 Å². The molecule has 0 aliphatic heterocycles. The lowest BCUT2D eigenvalue weighted by atomic mass is 10.3. The first-order valence-corrected chi connectivity index (χ1v) is 4.93. The summed E-state index contributed by atoms with van der Waals surface area (Å²) in [6.45, 7) is 0.517. The highest BCUT2D eigenvalue weighted by Gasteiger charge is 2.18. The van der Waals surface area contributed by atoms with Crippen molar-refractivity contribution in [3.63, 3.8) is 0 Å². The summed E-state index contributed by atoms with van der Waals surface area (Å²) in [5.41, 5.74) is 1.49. The second-order valence-electron chi connectivity index (χ2n) is 3.88. The summed E-state index contributed by atoms with van der Waals surface area (Å²) in [5.74, 6) is -0.949. The van der Waals surface area contributed by atoms with Crippen LogP contribution in [0.4, 0.5) is 0 Å². The molecule has 2 aromatic heterocycles. The van der Waals surface area contributed by atoms with Crippen LogP contribution in [0, 0.1) is 0 Å². The highest BCUT2D eigenvalue weighted by molar-refractivity contribution is 5.88. The molecule has 2 rings (SSSR count). The third-order valence-electron chi connectivity index (χ3n) is 2.27. The average molecular weight is 219 g/mol. The normalized spacial score (nSPS) is 11.2. The number of fused-ring (bicyclic) bond motifs is 1. The predicted octanol–water partition coefficient (Wildman–Crippen LogP) is 1.09. The number of aromatic carboxylic acids is 1. The number of carboxylic acids is 1. The molecule has 0 unspecified atom stereocenters. The van der Waals surface area contributed by atoms with E-state index in [2.05, 4.69) is 4.98 Å². The van der Waals surface area contributed by atoms with E-state index in [-0.39, 0.29) is 5.69 Å². The zero-order chi connectivity index (χ0) is 11.7. The van der Waals surface area contributed by atoms with Crippen LogP contribution >= 0.6 is 0 Å². The van der Waals surface area contributed by atoms with Crippen molar-refractivity contribution in [3.8, 4) is 0 Å². The Hall–Kier alpha value is -1.88. The standard InChI is InChI=1S/C11H13N3O2/c1-13(2)7-8-10(11(15)16)14-6-4-3-5-9(14)12-8/h3-6H,7H2,1-2H3,(H,15,16). The zero-order valence-corrected chi connectivity index (χ0v) is 9.21. The minimum Gasteiger partial charge on any atom is -0.477 e. The fourth-order valence-electron chi connectivity index (χ4n) is 1.68. The van der Waals surface area contributed by atoms with Gasteiger partial charge < -0.3 is 10.0 Å². The van der Waals surface area contributed by atoms with Gasteiger partial charge in [-0.05, 0) is 26.2 Å².